The first-order valence-electron chi connectivity index (χ1n) is 12.5. The molecule has 0 N–H and O–H groups in total. The largest absolute Gasteiger partial charge is 0.390 e. The van der Waals surface area contributed by atoms with Crippen LogP contribution in [0.4, 0.5) is 22.0 Å². The van der Waals surface area contributed by atoms with Gasteiger partial charge in [0.2, 0.25) is 0 Å². The van der Waals surface area contributed by atoms with Gasteiger partial charge in [0.1, 0.15) is 0 Å². The number of nitrogens with zero attached hydrogens (tertiary/aromatic N) is 1. The van der Waals surface area contributed by atoms with Crippen molar-refractivity contribution < 1.29 is 22.0 Å². The lowest BCUT2D eigenvalue weighted by Crippen LogP contribution is -2.41. The highest BCUT2D eigenvalue weighted by Crippen LogP contribution is 2.41. The van der Waals surface area contributed by atoms with E-state index in [2.05, 4.69) is 12.1 Å². The quantitative estimate of drug-likeness (QED) is 0.313. The summed E-state index contributed by atoms with van der Waals surface area (Å²) in [6.07, 6.45) is -0.327. The summed E-state index contributed by atoms with van der Waals surface area (Å²) in [4.78, 5) is 1.79. The zero-order valence-electron chi connectivity index (χ0n) is 20.6. The van der Waals surface area contributed by atoms with Gasteiger partial charge in [0.25, 0.3) is 0 Å². The molecular weight excluding hydrogens is 481 g/mol. The highest BCUT2D eigenvalue weighted by atomic mass is 19.4. The van der Waals surface area contributed by atoms with Crippen LogP contribution in [-0.2, 0) is 6.42 Å². The maximum absolute atomic E-state index is 14.6. The summed E-state index contributed by atoms with van der Waals surface area (Å²) in [5.74, 6) is -1.66. The topological polar surface area (TPSA) is 3.24 Å². The van der Waals surface area contributed by atoms with Crippen molar-refractivity contribution >= 4 is 17.2 Å². The normalized spacial score (nSPS) is 16.3. The summed E-state index contributed by atoms with van der Waals surface area (Å²) in [6, 6.07) is 19.2. The Kier molecular flexibility index (Phi) is 7.04. The maximum Gasteiger partial charge on any atom is 0.390 e. The van der Waals surface area contributed by atoms with Gasteiger partial charge in [-0.25, -0.2) is 8.78 Å². The first kappa shape index (κ1) is 25.4. The average molecular weight is 510 g/mol. The molecule has 0 spiro atoms. The van der Waals surface area contributed by atoms with E-state index in [9.17, 15) is 22.0 Å². The Morgan fingerprint density at radius 3 is 2.32 bits per heavy atom. The molecule has 0 bridgehead atoms. The van der Waals surface area contributed by atoms with E-state index >= 15 is 0 Å². The Hall–Kier alpha value is -3.25. The molecule has 0 amide bonds. The number of fused-ring (bicyclic) bond motifs is 1. The van der Waals surface area contributed by atoms with Gasteiger partial charge in [-0.15, -0.1) is 0 Å². The summed E-state index contributed by atoms with van der Waals surface area (Å²) in [7, 11) is 0. The standard InChI is InChI=1S/C31H28F5N/c1-20-25(13-14-28(32)30(20)33)27-8-4-6-23-5-2-3-7-26(23)29(27)24-11-9-21(10-12-24)17-22-18-37(19-22)16-15-31(34,35)36/h2-3,5,7,9-14,17H,4,6,8,15-16,18-19H2,1H3. The summed E-state index contributed by atoms with van der Waals surface area (Å²) in [5.41, 5.74) is 8.50. The third kappa shape index (κ3) is 5.54. The van der Waals surface area contributed by atoms with E-state index in [1.54, 1.807) is 17.9 Å². The van der Waals surface area contributed by atoms with Crippen molar-refractivity contribution in [2.45, 2.75) is 38.8 Å². The zero-order chi connectivity index (χ0) is 26.2. The number of aryl methyl sites for hydroxylation is 1. The van der Waals surface area contributed by atoms with E-state index in [0.29, 0.717) is 18.7 Å². The van der Waals surface area contributed by atoms with Gasteiger partial charge in [0, 0.05) is 19.6 Å². The van der Waals surface area contributed by atoms with E-state index in [0.717, 1.165) is 58.2 Å². The smallest absolute Gasteiger partial charge is 0.295 e. The second kappa shape index (κ2) is 10.3. The van der Waals surface area contributed by atoms with E-state index in [4.69, 9.17) is 0 Å². The minimum Gasteiger partial charge on any atom is -0.295 e. The molecule has 0 radical (unpaired) electrons. The number of allylic oxidation sites excluding steroid dienone is 1. The molecular formula is C31H28F5N. The van der Waals surface area contributed by atoms with Crippen LogP contribution in [0.25, 0.3) is 17.2 Å². The molecule has 0 aromatic heterocycles. The summed E-state index contributed by atoms with van der Waals surface area (Å²) in [6.45, 7) is 2.76. The van der Waals surface area contributed by atoms with Crippen molar-refractivity contribution in [2.24, 2.45) is 0 Å². The Bertz CT molecular complexity index is 1360. The molecule has 6 heteroatoms. The number of likely N-dealkylation sites (tertiary alicyclic amines) is 1. The first-order chi connectivity index (χ1) is 17.7. The van der Waals surface area contributed by atoms with Crippen LogP contribution in [0.5, 0.6) is 0 Å². The molecule has 3 aromatic carbocycles. The van der Waals surface area contributed by atoms with Crippen LogP contribution in [0.1, 0.15) is 52.6 Å². The maximum atomic E-state index is 14.6. The molecule has 1 heterocycles. The van der Waals surface area contributed by atoms with Gasteiger partial charge in [-0.2, -0.15) is 13.2 Å². The van der Waals surface area contributed by atoms with Crippen molar-refractivity contribution in [2.75, 3.05) is 19.6 Å². The van der Waals surface area contributed by atoms with E-state index < -0.39 is 24.2 Å². The number of hydrogen-bond acceptors (Lipinski definition) is 1. The van der Waals surface area contributed by atoms with E-state index in [1.807, 2.05) is 42.5 Å². The molecule has 3 aromatic rings. The molecule has 0 atom stereocenters. The molecule has 1 nitrogen and oxygen atoms in total. The molecule has 1 fully saturated rings. The first-order valence-corrected chi connectivity index (χ1v) is 12.5. The van der Waals surface area contributed by atoms with Crippen molar-refractivity contribution in [3.63, 3.8) is 0 Å². The fourth-order valence-corrected chi connectivity index (χ4v) is 5.35. The van der Waals surface area contributed by atoms with Crippen LogP contribution in [-0.4, -0.2) is 30.7 Å². The molecule has 37 heavy (non-hydrogen) atoms. The fraction of sp³-hybridized carbons (Fsp3) is 0.290. The van der Waals surface area contributed by atoms with Gasteiger partial charge in [0.05, 0.1) is 6.42 Å². The van der Waals surface area contributed by atoms with Crippen LogP contribution in [0.2, 0.25) is 0 Å². The van der Waals surface area contributed by atoms with E-state index in [1.165, 1.54) is 11.6 Å². The fourth-order valence-electron chi connectivity index (χ4n) is 5.35. The number of benzene rings is 3. The Balaban J connectivity index is 1.48. The van der Waals surface area contributed by atoms with Gasteiger partial charge in [-0.05, 0) is 82.4 Å². The monoisotopic (exact) mass is 509 g/mol. The molecule has 192 valence electrons. The average Bonchev–Trinajstić information content (AvgIpc) is 3.03. The number of alkyl halides is 3. The predicted octanol–water partition coefficient (Wildman–Crippen LogP) is 8.22. The molecule has 1 aliphatic carbocycles. The molecule has 5 rings (SSSR count). The van der Waals surface area contributed by atoms with E-state index in [-0.39, 0.29) is 6.54 Å². The molecule has 0 unspecified atom stereocenters. The number of hydrogen-bond donors (Lipinski definition) is 0. The van der Waals surface area contributed by atoms with Crippen molar-refractivity contribution in [1.29, 1.82) is 0 Å². The summed E-state index contributed by atoms with van der Waals surface area (Å²) in [5, 5.41) is 0. The van der Waals surface area contributed by atoms with Gasteiger partial charge >= 0.3 is 6.18 Å². The molecule has 2 aliphatic rings. The number of rotatable bonds is 5. The lowest BCUT2D eigenvalue weighted by Gasteiger charge is -2.34. The van der Waals surface area contributed by atoms with Crippen molar-refractivity contribution in [3.8, 4) is 0 Å². The third-order valence-corrected chi connectivity index (χ3v) is 7.26. The van der Waals surface area contributed by atoms with Crippen LogP contribution in [0.3, 0.4) is 0 Å². The van der Waals surface area contributed by atoms with Gasteiger partial charge in [0.15, 0.2) is 11.6 Å². The van der Waals surface area contributed by atoms with Crippen LogP contribution >= 0.6 is 0 Å². The predicted molar refractivity (Wildman–Crippen MR) is 138 cm³/mol. The lowest BCUT2D eigenvalue weighted by atomic mass is 9.86. The second-order valence-corrected chi connectivity index (χ2v) is 9.90. The van der Waals surface area contributed by atoms with Crippen molar-refractivity contribution in [1.82, 2.24) is 4.90 Å². The zero-order valence-corrected chi connectivity index (χ0v) is 20.6. The SMILES string of the molecule is Cc1c(C2=C(c3ccc(C=C4CN(CCC(F)(F)F)C4)cc3)c3ccccc3CCC2)ccc(F)c1F. The lowest BCUT2D eigenvalue weighted by molar-refractivity contribution is -0.138. The van der Waals surface area contributed by atoms with Gasteiger partial charge in [-0.1, -0.05) is 60.7 Å². The van der Waals surface area contributed by atoms with Crippen LogP contribution < -0.4 is 0 Å². The van der Waals surface area contributed by atoms with Gasteiger partial charge < -0.3 is 0 Å². The number of halogens is 5. The molecule has 0 saturated carbocycles. The second-order valence-electron chi connectivity index (χ2n) is 9.90. The Morgan fingerprint density at radius 2 is 1.59 bits per heavy atom. The summed E-state index contributed by atoms with van der Waals surface area (Å²) >= 11 is 0. The van der Waals surface area contributed by atoms with Crippen LogP contribution in [0.15, 0.2) is 66.2 Å². The molecule has 1 aliphatic heterocycles. The highest BCUT2D eigenvalue weighted by molar-refractivity contribution is 6.00. The molecule has 1 saturated heterocycles. The third-order valence-electron chi connectivity index (χ3n) is 7.26. The highest BCUT2D eigenvalue weighted by Gasteiger charge is 2.30. The summed E-state index contributed by atoms with van der Waals surface area (Å²) < 4.78 is 65.8. The van der Waals surface area contributed by atoms with Crippen molar-refractivity contribution in [3.05, 3.63) is 111 Å². The minimum absolute atomic E-state index is 0.0273. The Morgan fingerprint density at radius 1 is 0.865 bits per heavy atom. The van der Waals surface area contributed by atoms with Gasteiger partial charge in [-0.3, -0.25) is 4.90 Å². The minimum atomic E-state index is -4.13. The van der Waals surface area contributed by atoms with Crippen LogP contribution in [0, 0.1) is 18.6 Å². The Labute approximate surface area is 213 Å².